The first kappa shape index (κ1) is 25.5. The number of nitrogens with zero attached hydrogens (tertiary/aromatic N) is 6. The normalized spacial score (nSPS) is 11.8. The summed E-state index contributed by atoms with van der Waals surface area (Å²) in [6.45, 7) is 3.06. The fourth-order valence-electron chi connectivity index (χ4n) is 5.28. The Morgan fingerprint density at radius 1 is 0.585 bits per heavy atom. The maximum absolute atomic E-state index is 13.5. The third-order valence-electron chi connectivity index (χ3n) is 7.09. The highest BCUT2D eigenvalue weighted by molar-refractivity contribution is 6.11. The van der Waals surface area contributed by atoms with Gasteiger partial charge in [0.2, 0.25) is 5.41 Å². The van der Waals surface area contributed by atoms with Crippen LogP contribution in [0.15, 0.2) is 72.8 Å². The number of carbonyl (C=O) groups is 2. The van der Waals surface area contributed by atoms with E-state index in [1.54, 1.807) is 48.5 Å². The van der Waals surface area contributed by atoms with E-state index in [1.807, 2.05) is 0 Å². The number of aryl methyl sites for hydroxylation is 2. The molecule has 12 heteroatoms. The highest BCUT2D eigenvalue weighted by Gasteiger charge is 2.56. The number of carboxylic acid groups (broad SMARTS) is 2. The number of aliphatic carboxylic acids is 2. The Hall–Kier alpha value is -5.78. The minimum Gasteiger partial charge on any atom is -0.506 e. The molecular formula is C29H22N6O6. The lowest BCUT2D eigenvalue weighted by molar-refractivity contribution is -0.155. The van der Waals surface area contributed by atoms with Gasteiger partial charge in [0.15, 0.2) is 0 Å². The van der Waals surface area contributed by atoms with Crippen LogP contribution in [0.1, 0.15) is 22.3 Å². The summed E-state index contributed by atoms with van der Waals surface area (Å²) >= 11 is 0. The van der Waals surface area contributed by atoms with Crippen LogP contribution in [0.2, 0.25) is 0 Å². The molecule has 4 N–H and O–H groups in total. The third kappa shape index (κ3) is 3.68. The topological polar surface area (TPSA) is 176 Å². The summed E-state index contributed by atoms with van der Waals surface area (Å²) in [4.78, 5) is 29.0. The molecule has 2 aromatic heterocycles. The molecule has 0 aliphatic heterocycles. The molecule has 41 heavy (non-hydrogen) atoms. The van der Waals surface area contributed by atoms with Gasteiger partial charge < -0.3 is 20.4 Å². The van der Waals surface area contributed by atoms with Crippen molar-refractivity contribution in [2.75, 3.05) is 0 Å². The molecule has 0 saturated carbocycles. The zero-order chi connectivity index (χ0) is 29.1. The van der Waals surface area contributed by atoms with Crippen molar-refractivity contribution in [2.24, 2.45) is 0 Å². The zero-order valence-corrected chi connectivity index (χ0v) is 21.7. The van der Waals surface area contributed by atoms with E-state index in [1.165, 1.54) is 38.1 Å². The summed E-state index contributed by atoms with van der Waals surface area (Å²) in [5.74, 6) is -4.44. The number of carboxylic acids is 2. The molecule has 0 fully saturated rings. The van der Waals surface area contributed by atoms with Crippen LogP contribution >= 0.6 is 0 Å². The molecule has 0 radical (unpaired) electrons. The van der Waals surface area contributed by atoms with Crippen LogP contribution in [-0.2, 0) is 15.0 Å². The molecule has 12 nitrogen and oxygen atoms in total. The fourth-order valence-corrected chi connectivity index (χ4v) is 5.28. The standard InChI is InChI=1S/C29H22N6O6/c1-15-11-13-21(36)25(34-30-17-7-3-4-8-18(17)31-34)23(15)29(27(38)39,28(40)41)24-16(2)12-14-22(37)26(24)35-32-19-9-5-6-10-20(19)33-35/h3-14,36-37H,1-2H3,(H,38,39)(H,40,41). The second kappa shape index (κ2) is 9.16. The molecule has 0 amide bonds. The number of phenols is 2. The van der Waals surface area contributed by atoms with Gasteiger partial charge in [-0.1, -0.05) is 36.4 Å². The van der Waals surface area contributed by atoms with E-state index in [-0.39, 0.29) is 33.6 Å². The number of aromatic nitrogens is 6. The number of hydrogen-bond acceptors (Lipinski definition) is 8. The largest absolute Gasteiger partial charge is 0.506 e. The van der Waals surface area contributed by atoms with Crippen LogP contribution in [0, 0.1) is 13.8 Å². The van der Waals surface area contributed by atoms with Crippen molar-refractivity contribution in [3.05, 3.63) is 95.1 Å². The van der Waals surface area contributed by atoms with E-state index < -0.39 is 28.9 Å². The first-order chi connectivity index (χ1) is 19.6. The Kier molecular flexibility index (Phi) is 5.69. The quantitative estimate of drug-likeness (QED) is 0.224. The Bertz CT molecular complexity index is 1820. The second-order valence-corrected chi connectivity index (χ2v) is 9.57. The summed E-state index contributed by atoms with van der Waals surface area (Å²) in [5, 5.41) is 61.6. The minimum atomic E-state index is -2.89. The van der Waals surface area contributed by atoms with Gasteiger partial charge in [-0.05, 0) is 61.4 Å². The van der Waals surface area contributed by atoms with Crippen LogP contribution < -0.4 is 0 Å². The van der Waals surface area contributed by atoms with Crippen molar-refractivity contribution in [2.45, 2.75) is 19.3 Å². The van der Waals surface area contributed by atoms with Crippen LogP contribution in [0.25, 0.3) is 33.4 Å². The Morgan fingerprint density at radius 2 is 0.902 bits per heavy atom. The average molecular weight is 551 g/mol. The maximum Gasteiger partial charge on any atom is 0.330 e. The minimum absolute atomic E-state index is 0.219. The molecule has 0 bridgehead atoms. The van der Waals surface area contributed by atoms with E-state index in [2.05, 4.69) is 20.4 Å². The van der Waals surface area contributed by atoms with E-state index in [0.29, 0.717) is 22.1 Å². The molecule has 0 atom stereocenters. The third-order valence-corrected chi connectivity index (χ3v) is 7.09. The second-order valence-electron chi connectivity index (χ2n) is 9.57. The van der Waals surface area contributed by atoms with Crippen molar-refractivity contribution in [1.82, 2.24) is 30.0 Å². The van der Waals surface area contributed by atoms with E-state index in [9.17, 15) is 30.0 Å². The monoisotopic (exact) mass is 550 g/mol. The lowest BCUT2D eigenvalue weighted by Crippen LogP contribution is -2.47. The van der Waals surface area contributed by atoms with Gasteiger partial charge in [0, 0.05) is 11.1 Å². The molecule has 0 unspecified atom stereocenters. The SMILES string of the molecule is Cc1ccc(O)c(-n2nc3ccccc3n2)c1C(C(=O)O)(C(=O)O)c1c(C)ccc(O)c1-n1nc2ccccc2n1. The molecule has 6 rings (SSSR count). The Labute approximate surface area is 231 Å². The number of fused-ring (bicyclic) bond motifs is 2. The lowest BCUT2D eigenvalue weighted by Gasteiger charge is -2.32. The van der Waals surface area contributed by atoms with Crippen LogP contribution in [0.4, 0.5) is 0 Å². The number of phenolic OH excluding ortho intramolecular Hbond substituents is 2. The van der Waals surface area contributed by atoms with Crippen LogP contribution in [0.3, 0.4) is 0 Å². The highest BCUT2D eigenvalue weighted by Crippen LogP contribution is 2.47. The molecule has 0 saturated heterocycles. The van der Waals surface area contributed by atoms with Gasteiger partial charge in [0.05, 0.1) is 0 Å². The molecule has 2 heterocycles. The number of hydrogen-bond donors (Lipinski definition) is 4. The van der Waals surface area contributed by atoms with Gasteiger partial charge >= 0.3 is 11.9 Å². The highest BCUT2D eigenvalue weighted by atomic mass is 16.4. The molecule has 4 aromatic carbocycles. The summed E-state index contributed by atoms with van der Waals surface area (Å²) in [5.41, 5.74) is -1.77. The van der Waals surface area contributed by atoms with Crippen LogP contribution in [0.5, 0.6) is 11.5 Å². The predicted molar refractivity (Wildman–Crippen MR) is 147 cm³/mol. The van der Waals surface area contributed by atoms with Crippen molar-refractivity contribution in [3.8, 4) is 22.9 Å². The average Bonchev–Trinajstić information content (AvgIpc) is 3.56. The van der Waals surface area contributed by atoms with Gasteiger partial charge in [-0.3, -0.25) is 9.59 Å². The van der Waals surface area contributed by atoms with Crippen LogP contribution in [-0.4, -0.2) is 62.4 Å². The first-order valence-electron chi connectivity index (χ1n) is 12.4. The zero-order valence-electron chi connectivity index (χ0n) is 21.7. The lowest BCUT2D eigenvalue weighted by atomic mass is 9.69. The Balaban J connectivity index is 1.77. The maximum atomic E-state index is 13.5. The van der Waals surface area contributed by atoms with Gasteiger partial charge in [-0.25, -0.2) is 0 Å². The summed E-state index contributed by atoms with van der Waals surface area (Å²) in [6, 6.07) is 19.1. The van der Waals surface area contributed by atoms with Crippen molar-refractivity contribution < 1.29 is 30.0 Å². The Morgan fingerprint density at radius 3 is 1.20 bits per heavy atom. The number of rotatable bonds is 6. The first-order valence-corrected chi connectivity index (χ1v) is 12.4. The molecule has 0 aliphatic carbocycles. The van der Waals surface area contributed by atoms with E-state index in [0.717, 1.165) is 9.59 Å². The molecule has 0 aliphatic rings. The smallest absolute Gasteiger partial charge is 0.330 e. The number of benzene rings is 4. The van der Waals surface area contributed by atoms with Gasteiger partial charge in [-0.2, -0.15) is 0 Å². The summed E-state index contributed by atoms with van der Waals surface area (Å²) < 4.78 is 0. The van der Waals surface area contributed by atoms with E-state index in [4.69, 9.17) is 0 Å². The number of aromatic hydroxyl groups is 2. The molecule has 0 spiro atoms. The molecule has 6 aromatic rings. The summed E-state index contributed by atoms with van der Waals surface area (Å²) in [7, 11) is 0. The summed E-state index contributed by atoms with van der Waals surface area (Å²) in [6.07, 6.45) is 0. The van der Waals surface area contributed by atoms with Crippen molar-refractivity contribution >= 4 is 34.0 Å². The van der Waals surface area contributed by atoms with Gasteiger partial charge in [-0.15, -0.1) is 30.0 Å². The van der Waals surface area contributed by atoms with Gasteiger partial charge in [0.1, 0.15) is 44.9 Å². The van der Waals surface area contributed by atoms with Crippen molar-refractivity contribution in [1.29, 1.82) is 0 Å². The van der Waals surface area contributed by atoms with Gasteiger partial charge in [0.25, 0.3) is 0 Å². The fraction of sp³-hybridized carbons (Fsp3) is 0.103. The molecular weight excluding hydrogens is 528 g/mol. The predicted octanol–water partition coefficient (Wildman–Crippen LogP) is 3.64. The van der Waals surface area contributed by atoms with Crippen molar-refractivity contribution in [3.63, 3.8) is 0 Å². The molecule has 204 valence electrons. The van der Waals surface area contributed by atoms with E-state index >= 15 is 0 Å².